The van der Waals surface area contributed by atoms with Crippen LogP contribution in [-0.4, -0.2) is 44.2 Å². The fraction of sp³-hybridized carbons (Fsp3) is 0.600. The Hall–Kier alpha value is -1.06. The molecule has 0 bridgehead atoms. The fourth-order valence-electron chi connectivity index (χ4n) is 2.57. The zero-order chi connectivity index (χ0) is 12.8. The number of likely N-dealkylation sites (tertiary alicyclic amines) is 1. The molecule has 2 rings (SSSR count). The maximum atomic E-state index is 5.17. The van der Waals surface area contributed by atoms with Crippen LogP contribution in [0.15, 0.2) is 24.3 Å². The summed E-state index contributed by atoms with van der Waals surface area (Å²) in [6.07, 6.45) is 2.42. The maximum Gasteiger partial charge on any atom is 0.118 e. The van der Waals surface area contributed by atoms with Crippen LogP contribution < -0.4 is 10.1 Å². The second-order valence-corrected chi connectivity index (χ2v) is 4.94. The van der Waals surface area contributed by atoms with Crippen LogP contribution in [0, 0.1) is 0 Å². The molecule has 1 fully saturated rings. The average Bonchev–Trinajstić information content (AvgIpc) is 2.85. The zero-order valence-corrected chi connectivity index (χ0v) is 11.5. The first-order chi connectivity index (χ1) is 8.81. The lowest BCUT2D eigenvalue weighted by Crippen LogP contribution is -2.32. The third-order valence-corrected chi connectivity index (χ3v) is 3.64. The molecule has 0 radical (unpaired) electrons. The SMILES string of the molecule is CCNC1CCN(CCc2ccc(OC)cc2)C1. The minimum Gasteiger partial charge on any atom is -0.497 e. The standard InChI is InChI=1S/C15H24N2O/c1-3-16-14-9-11-17(12-14)10-8-13-4-6-15(18-2)7-5-13/h4-7,14,16H,3,8-12H2,1-2H3. The molecule has 100 valence electrons. The normalized spacial score (nSPS) is 20.2. The molecule has 0 aromatic heterocycles. The number of nitrogens with zero attached hydrogens (tertiary/aromatic N) is 1. The largest absolute Gasteiger partial charge is 0.497 e. The van der Waals surface area contributed by atoms with Gasteiger partial charge >= 0.3 is 0 Å². The van der Waals surface area contributed by atoms with Gasteiger partial charge in [-0.25, -0.2) is 0 Å². The second kappa shape index (κ2) is 6.76. The number of hydrogen-bond acceptors (Lipinski definition) is 3. The van der Waals surface area contributed by atoms with Crippen molar-refractivity contribution < 1.29 is 4.74 Å². The van der Waals surface area contributed by atoms with Crippen LogP contribution in [0.5, 0.6) is 5.75 Å². The number of benzene rings is 1. The Balaban J connectivity index is 1.74. The molecule has 1 aliphatic heterocycles. The van der Waals surface area contributed by atoms with Gasteiger partial charge in [-0.2, -0.15) is 0 Å². The van der Waals surface area contributed by atoms with Gasteiger partial charge in [-0.3, -0.25) is 0 Å². The van der Waals surface area contributed by atoms with Gasteiger partial charge in [0.05, 0.1) is 7.11 Å². The van der Waals surface area contributed by atoms with E-state index >= 15 is 0 Å². The number of methoxy groups -OCH3 is 1. The van der Waals surface area contributed by atoms with Crippen molar-refractivity contribution in [1.82, 2.24) is 10.2 Å². The molecular formula is C15H24N2O. The van der Waals surface area contributed by atoms with Gasteiger partial charge < -0.3 is 15.0 Å². The van der Waals surface area contributed by atoms with Crippen LogP contribution in [0.25, 0.3) is 0 Å². The maximum absolute atomic E-state index is 5.17. The molecule has 0 aliphatic carbocycles. The Kier molecular flexibility index (Phi) is 5.02. The Morgan fingerprint density at radius 2 is 2.11 bits per heavy atom. The predicted octanol–water partition coefficient (Wildman–Crippen LogP) is 1.92. The molecule has 18 heavy (non-hydrogen) atoms. The van der Waals surface area contributed by atoms with E-state index in [4.69, 9.17) is 4.74 Å². The van der Waals surface area contributed by atoms with E-state index in [2.05, 4.69) is 29.3 Å². The Labute approximate surface area is 110 Å². The first-order valence-corrected chi connectivity index (χ1v) is 6.90. The number of ether oxygens (including phenoxy) is 1. The van der Waals surface area contributed by atoms with Gasteiger partial charge in [-0.1, -0.05) is 19.1 Å². The van der Waals surface area contributed by atoms with Crippen LogP contribution >= 0.6 is 0 Å². The molecule has 1 unspecified atom stereocenters. The van der Waals surface area contributed by atoms with Gasteiger partial charge in [-0.15, -0.1) is 0 Å². The lowest BCUT2D eigenvalue weighted by molar-refractivity contribution is 0.332. The summed E-state index contributed by atoms with van der Waals surface area (Å²) in [6, 6.07) is 9.11. The summed E-state index contributed by atoms with van der Waals surface area (Å²) >= 11 is 0. The van der Waals surface area contributed by atoms with Crippen LogP contribution in [0.3, 0.4) is 0 Å². The highest BCUT2D eigenvalue weighted by Crippen LogP contribution is 2.14. The average molecular weight is 248 g/mol. The summed E-state index contributed by atoms with van der Waals surface area (Å²) in [5.74, 6) is 0.937. The molecule has 0 saturated carbocycles. The Bertz CT molecular complexity index is 350. The topological polar surface area (TPSA) is 24.5 Å². The molecule has 3 nitrogen and oxygen atoms in total. The fourth-order valence-corrected chi connectivity index (χ4v) is 2.57. The molecule has 1 N–H and O–H groups in total. The predicted molar refractivity (Wildman–Crippen MR) is 75.2 cm³/mol. The van der Waals surface area contributed by atoms with E-state index in [9.17, 15) is 0 Å². The summed E-state index contributed by atoms with van der Waals surface area (Å²) in [6.45, 7) is 6.85. The number of rotatable bonds is 6. The van der Waals surface area contributed by atoms with Crippen molar-refractivity contribution in [2.24, 2.45) is 0 Å². The first kappa shape index (κ1) is 13.4. The first-order valence-electron chi connectivity index (χ1n) is 6.90. The highest BCUT2D eigenvalue weighted by Gasteiger charge is 2.20. The molecule has 1 aliphatic rings. The van der Waals surface area contributed by atoms with Crippen molar-refractivity contribution in [1.29, 1.82) is 0 Å². The molecule has 1 aromatic carbocycles. The van der Waals surface area contributed by atoms with E-state index in [1.807, 2.05) is 12.1 Å². The van der Waals surface area contributed by atoms with E-state index < -0.39 is 0 Å². The lowest BCUT2D eigenvalue weighted by Gasteiger charge is -2.16. The van der Waals surface area contributed by atoms with Crippen molar-refractivity contribution in [3.05, 3.63) is 29.8 Å². The minimum absolute atomic E-state index is 0.700. The summed E-state index contributed by atoms with van der Waals surface area (Å²) in [5.41, 5.74) is 1.39. The van der Waals surface area contributed by atoms with Crippen molar-refractivity contribution in [3.63, 3.8) is 0 Å². The van der Waals surface area contributed by atoms with Crippen LogP contribution in [0.2, 0.25) is 0 Å². The highest BCUT2D eigenvalue weighted by molar-refractivity contribution is 5.27. The molecule has 1 heterocycles. The third-order valence-electron chi connectivity index (χ3n) is 3.64. The lowest BCUT2D eigenvalue weighted by atomic mass is 10.1. The molecular weight excluding hydrogens is 224 g/mol. The van der Waals surface area contributed by atoms with Crippen LogP contribution in [0.4, 0.5) is 0 Å². The summed E-state index contributed by atoms with van der Waals surface area (Å²) in [5, 5.41) is 3.53. The van der Waals surface area contributed by atoms with E-state index in [0.717, 1.165) is 25.3 Å². The highest BCUT2D eigenvalue weighted by atomic mass is 16.5. The minimum atomic E-state index is 0.700. The van der Waals surface area contributed by atoms with Crippen LogP contribution in [0.1, 0.15) is 18.9 Å². The number of nitrogens with one attached hydrogen (secondary N) is 1. The molecule has 3 heteroatoms. The molecule has 0 amide bonds. The molecule has 1 atom stereocenters. The molecule has 1 aromatic rings. The summed E-state index contributed by atoms with van der Waals surface area (Å²) in [7, 11) is 1.71. The van der Waals surface area contributed by atoms with E-state index in [0.29, 0.717) is 6.04 Å². The number of likely N-dealkylation sites (N-methyl/N-ethyl adjacent to an activating group) is 1. The number of hydrogen-bond donors (Lipinski definition) is 1. The van der Waals surface area contributed by atoms with E-state index in [1.165, 1.54) is 25.1 Å². The summed E-state index contributed by atoms with van der Waals surface area (Å²) in [4.78, 5) is 2.55. The smallest absolute Gasteiger partial charge is 0.118 e. The quantitative estimate of drug-likeness (QED) is 0.832. The van der Waals surface area contributed by atoms with Crippen LogP contribution in [-0.2, 0) is 6.42 Å². The van der Waals surface area contributed by atoms with E-state index in [1.54, 1.807) is 7.11 Å². The van der Waals surface area contributed by atoms with Gasteiger partial charge in [0.25, 0.3) is 0 Å². The van der Waals surface area contributed by atoms with Gasteiger partial charge in [0, 0.05) is 19.1 Å². The van der Waals surface area contributed by atoms with Crippen molar-refractivity contribution in [2.45, 2.75) is 25.8 Å². The Morgan fingerprint density at radius 1 is 1.33 bits per heavy atom. The van der Waals surface area contributed by atoms with Crippen molar-refractivity contribution in [3.8, 4) is 5.75 Å². The van der Waals surface area contributed by atoms with Gasteiger partial charge in [0.15, 0.2) is 0 Å². The van der Waals surface area contributed by atoms with Gasteiger partial charge in [-0.05, 0) is 43.6 Å². The zero-order valence-electron chi connectivity index (χ0n) is 11.5. The van der Waals surface area contributed by atoms with Crippen molar-refractivity contribution in [2.75, 3.05) is 33.3 Å². The van der Waals surface area contributed by atoms with Gasteiger partial charge in [0.1, 0.15) is 5.75 Å². The van der Waals surface area contributed by atoms with Crippen molar-refractivity contribution >= 4 is 0 Å². The molecule has 0 spiro atoms. The van der Waals surface area contributed by atoms with Gasteiger partial charge in [0.2, 0.25) is 0 Å². The third kappa shape index (κ3) is 3.72. The Morgan fingerprint density at radius 3 is 2.78 bits per heavy atom. The molecule has 1 saturated heterocycles. The second-order valence-electron chi connectivity index (χ2n) is 4.94. The monoisotopic (exact) mass is 248 g/mol. The van der Waals surface area contributed by atoms with E-state index in [-0.39, 0.29) is 0 Å². The summed E-state index contributed by atoms with van der Waals surface area (Å²) < 4.78 is 5.17.